The number of aromatic nitrogens is 2. The Morgan fingerprint density at radius 2 is 1.96 bits per heavy atom. The first-order chi connectivity index (χ1) is 13.1. The summed E-state index contributed by atoms with van der Waals surface area (Å²) in [7, 11) is 0. The van der Waals surface area contributed by atoms with Crippen LogP contribution in [0.5, 0.6) is 0 Å². The second kappa shape index (κ2) is 8.62. The van der Waals surface area contributed by atoms with E-state index in [0.717, 1.165) is 30.5 Å². The van der Waals surface area contributed by atoms with Gasteiger partial charge in [0.25, 0.3) is 11.8 Å². The van der Waals surface area contributed by atoms with Crippen molar-refractivity contribution in [1.29, 1.82) is 0 Å². The van der Waals surface area contributed by atoms with Gasteiger partial charge in [-0.05, 0) is 43.4 Å². The Morgan fingerprint density at radius 1 is 1.19 bits per heavy atom. The summed E-state index contributed by atoms with van der Waals surface area (Å²) in [5.74, 6) is -0.601. The fourth-order valence-electron chi connectivity index (χ4n) is 3.20. The number of carbonyl (C=O) groups excluding carboxylic acids is 2. The molecule has 2 aromatic rings. The SMILES string of the molecule is C=CCNC(=O)c1nc(C(=O)NCCc2ccc(F)cc2)n2c1CCCC2. The van der Waals surface area contributed by atoms with Crippen LogP contribution in [0.2, 0.25) is 0 Å². The molecule has 0 radical (unpaired) electrons. The van der Waals surface area contributed by atoms with Gasteiger partial charge in [0.2, 0.25) is 0 Å². The zero-order chi connectivity index (χ0) is 19.2. The first-order valence-corrected chi connectivity index (χ1v) is 9.11. The van der Waals surface area contributed by atoms with Gasteiger partial charge in [-0.25, -0.2) is 9.37 Å². The molecular weight excluding hydrogens is 347 g/mol. The minimum atomic E-state index is -0.303. The van der Waals surface area contributed by atoms with E-state index in [-0.39, 0.29) is 23.5 Å². The summed E-state index contributed by atoms with van der Waals surface area (Å²) in [5.41, 5.74) is 2.07. The molecule has 1 aromatic carbocycles. The third-order valence-electron chi connectivity index (χ3n) is 4.56. The number of rotatable bonds is 7. The molecule has 2 N–H and O–H groups in total. The quantitative estimate of drug-likeness (QED) is 0.734. The predicted molar refractivity (Wildman–Crippen MR) is 100 cm³/mol. The molecule has 1 aliphatic rings. The Balaban J connectivity index is 1.70. The highest BCUT2D eigenvalue weighted by Crippen LogP contribution is 2.21. The molecule has 7 heteroatoms. The topological polar surface area (TPSA) is 76.0 Å². The lowest BCUT2D eigenvalue weighted by Crippen LogP contribution is -2.29. The van der Waals surface area contributed by atoms with Gasteiger partial charge < -0.3 is 15.2 Å². The Hall–Kier alpha value is -2.96. The summed E-state index contributed by atoms with van der Waals surface area (Å²) in [6.45, 7) is 5.02. The summed E-state index contributed by atoms with van der Waals surface area (Å²) >= 11 is 0. The monoisotopic (exact) mass is 370 g/mol. The molecule has 27 heavy (non-hydrogen) atoms. The standard InChI is InChI=1S/C20H23FN4O2/c1-2-11-22-19(26)17-16-5-3-4-13-25(16)18(24-17)20(27)23-12-10-14-6-8-15(21)9-7-14/h2,6-9H,1,3-5,10-13H2,(H,22,26)(H,23,27). The lowest BCUT2D eigenvalue weighted by Gasteiger charge is -2.17. The van der Waals surface area contributed by atoms with Crippen LogP contribution in [0.1, 0.15) is 45.2 Å². The van der Waals surface area contributed by atoms with Crippen molar-refractivity contribution >= 4 is 11.8 Å². The second-order valence-corrected chi connectivity index (χ2v) is 6.47. The summed E-state index contributed by atoms with van der Waals surface area (Å²) in [6.07, 6.45) is 4.84. The number of fused-ring (bicyclic) bond motifs is 1. The van der Waals surface area contributed by atoms with Gasteiger partial charge in [-0.3, -0.25) is 9.59 Å². The van der Waals surface area contributed by atoms with E-state index in [4.69, 9.17) is 0 Å². The number of amides is 2. The molecule has 0 aliphatic carbocycles. The maximum atomic E-state index is 12.9. The van der Waals surface area contributed by atoms with E-state index in [9.17, 15) is 14.0 Å². The van der Waals surface area contributed by atoms with Crippen LogP contribution < -0.4 is 10.6 Å². The number of hydrogen-bond donors (Lipinski definition) is 2. The minimum Gasteiger partial charge on any atom is -0.349 e. The number of nitrogens with zero attached hydrogens (tertiary/aromatic N) is 2. The summed E-state index contributed by atoms with van der Waals surface area (Å²) in [5, 5.41) is 5.57. The third kappa shape index (κ3) is 4.42. The van der Waals surface area contributed by atoms with E-state index in [1.807, 2.05) is 4.57 Å². The molecule has 0 bridgehead atoms. The zero-order valence-corrected chi connectivity index (χ0v) is 15.1. The average Bonchev–Trinajstić information content (AvgIpc) is 3.07. The second-order valence-electron chi connectivity index (χ2n) is 6.47. The Labute approximate surface area is 157 Å². The first-order valence-electron chi connectivity index (χ1n) is 9.11. The Bertz CT molecular complexity index is 842. The molecule has 0 saturated carbocycles. The molecule has 0 unspecified atom stereocenters. The van der Waals surface area contributed by atoms with Crippen LogP contribution in [0, 0.1) is 5.82 Å². The minimum absolute atomic E-state index is 0.271. The molecule has 1 aliphatic heterocycles. The molecule has 0 saturated heterocycles. The van der Waals surface area contributed by atoms with Crippen molar-refractivity contribution in [3.05, 3.63) is 65.5 Å². The van der Waals surface area contributed by atoms with Gasteiger partial charge in [0, 0.05) is 19.6 Å². The van der Waals surface area contributed by atoms with Crippen molar-refractivity contribution in [2.24, 2.45) is 0 Å². The van der Waals surface area contributed by atoms with Gasteiger partial charge in [-0.1, -0.05) is 18.2 Å². The molecule has 142 valence electrons. The van der Waals surface area contributed by atoms with E-state index in [1.165, 1.54) is 12.1 Å². The molecule has 0 fully saturated rings. The van der Waals surface area contributed by atoms with Crippen LogP contribution in [0.15, 0.2) is 36.9 Å². The lowest BCUT2D eigenvalue weighted by molar-refractivity contribution is 0.0938. The van der Waals surface area contributed by atoms with Crippen molar-refractivity contribution < 1.29 is 14.0 Å². The predicted octanol–water partition coefficient (Wildman–Crippen LogP) is 2.25. The fourth-order valence-corrected chi connectivity index (χ4v) is 3.20. The third-order valence-corrected chi connectivity index (χ3v) is 4.56. The van der Waals surface area contributed by atoms with Gasteiger partial charge in [-0.15, -0.1) is 6.58 Å². The summed E-state index contributed by atoms with van der Waals surface area (Å²) in [6, 6.07) is 6.19. The maximum absolute atomic E-state index is 12.9. The van der Waals surface area contributed by atoms with E-state index < -0.39 is 0 Å². The first kappa shape index (κ1) is 18.8. The maximum Gasteiger partial charge on any atom is 0.287 e. The van der Waals surface area contributed by atoms with Crippen LogP contribution in [0.25, 0.3) is 0 Å². The number of imidazole rings is 1. The van der Waals surface area contributed by atoms with Crippen LogP contribution in [-0.2, 0) is 19.4 Å². The van der Waals surface area contributed by atoms with Crippen LogP contribution >= 0.6 is 0 Å². The van der Waals surface area contributed by atoms with Crippen LogP contribution in [0.3, 0.4) is 0 Å². The Kier molecular flexibility index (Phi) is 6.01. The average molecular weight is 370 g/mol. The van der Waals surface area contributed by atoms with E-state index >= 15 is 0 Å². The molecule has 0 atom stereocenters. The summed E-state index contributed by atoms with van der Waals surface area (Å²) < 4.78 is 14.8. The van der Waals surface area contributed by atoms with Crippen molar-refractivity contribution in [3.63, 3.8) is 0 Å². The molecule has 6 nitrogen and oxygen atoms in total. The molecule has 0 spiro atoms. The Morgan fingerprint density at radius 3 is 2.70 bits per heavy atom. The number of hydrogen-bond acceptors (Lipinski definition) is 3. The van der Waals surface area contributed by atoms with Crippen LogP contribution in [-0.4, -0.2) is 34.5 Å². The molecule has 3 rings (SSSR count). The van der Waals surface area contributed by atoms with Gasteiger partial charge in [0.15, 0.2) is 5.82 Å². The van der Waals surface area contributed by atoms with Crippen molar-refractivity contribution in [1.82, 2.24) is 20.2 Å². The van der Waals surface area contributed by atoms with Crippen molar-refractivity contribution in [2.75, 3.05) is 13.1 Å². The summed E-state index contributed by atoms with van der Waals surface area (Å²) in [4.78, 5) is 29.3. The number of nitrogens with one attached hydrogen (secondary N) is 2. The normalized spacial score (nSPS) is 12.9. The zero-order valence-electron chi connectivity index (χ0n) is 15.1. The highest BCUT2D eigenvalue weighted by atomic mass is 19.1. The number of carbonyl (C=O) groups is 2. The van der Waals surface area contributed by atoms with Gasteiger partial charge >= 0.3 is 0 Å². The van der Waals surface area contributed by atoms with Gasteiger partial charge in [-0.2, -0.15) is 0 Å². The van der Waals surface area contributed by atoms with Crippen molar-refractivity contribution in [2.45, 2.75) is 32.2 Å². The number of halogens is 1. The molecule has 1 aromatic heterocycles. The largest absolute Gasteiger partial charge is 0.349 e. The van der Waals surface area contributed by atoms with E-state index in [1.54, 1.807) is 18.2 Å². The van der Waals surface area contributed by atoms with E-state index in [0.29, 0.717) is 31.7 Å². The molecule has 2 heterocycles. The highest BCUT2D eigenvalue weighted by molar-refractivity contribution is 5.97. The van der Waals surface area contributed by atoms with E-state index in [2.05, 4.69) is 22.2 Å². The molecule has 2 amide bonds. The number of benzene rings is 1. The van der Waals surface area contributed by atoms with Gasteiger partial charge in [0.1, 0.15) is 11.5 Å². The van der Waals surface area contributed by atoms with Gasteiger partial charge in [0.05, 0.1) is 5.69 Å². The smallest absolute Gasteiger partial charge is 0.287 e. The van der Waals surface area contributed by atoms with Crippen molar-refractivity contribution in [3.8, 4) is 0 Å². The lowest BCUT2D eigenvalue weighted by atomic mass is 10.1. The molecular formula is C20H23FN4O2. The highest BCUT2D eigenvalue weighted by Gasteiger charge is 2.27. The fraction of sp³-hybridized carbons (Fsp3) is 0.350. The van der Waals surface area contributed by atoms with Crippen LogP contribution in [0.4, 0.5) is 4.39 Å².